The lowest BCUT2D eigenvalue weighted by Crippen LogP contribution is -2.43. The predicted octanol–water partition coefficient (Wildman–Crippen LogP) is 1.48. The van der Waals surface area contributed by atoms with Crippen LogP contribution in [0.2, 0.25) is 4.34 Å². The lowest BCUT2D eigenvalue weighted by Gasteiger charge is -2.29. The predicted molar refractivity (Wildman–Crippen MR) is 83.2 cm³/mol. The summed E-state index contributed by atoms with van der Waals surface area (Å²) in [6.45, 7) is 3.23. The summed E-state index contributed by atoms with van der Waals surface area (Å²) < 4.78 is 5.62. The molecule has 3 N–H and O–H groups in total. The first-order chi connectivity index (χ1) is 9.45. The molecule has 0 aromatic carbocycles. The lowest BCUT2D eigenvalue weighted by molar-refractivity contribution is -0.122. The molecule has 1 amide bonds. The molecular weight excluding hydrogens is 298 g/mol. The second-order valence-corrected chi connectivity index (χ2v) is 6.45. The molecule has 0 bridgehead atoms. The van der Waals surface area contributed by atoms with Crippen molar-refractivity contribution in [2.24, 2.45) is 5.73 Å². The number of methoxy groups -OCH3 is 1. The van der Waals surface area contributed by atoms with Gasteiger partial charge >= 0.3 is 0 Å². The first-order valence-electron chi connectivity index (χ1n) is 6.42. The molecule has 20 heavy (non-hydrogen) atoms. The maximum atomic E-state index is 11.8. The van der Waals surface area contributed by atoms with E-state index in [4.69, 9.17) is 22.1 Å². The van der Waals surface area contributed by atoms with Crippen molar-refractivity contribution in [1.29, 1.82) is 0 Å². The maximum Gasteiger partial charge on any atom is 0.234 e. The Morgan fingerprint density at radius 1 is 1.60 bits per heavy atom. The largest absolute Gasteiger partial charge is 0.383 e. The van der Waals surface area contributed by atoms with Crippen LogP contribution in [0.25, 0.3) is 0 Å². The van der Waals surface area contributed by atoms with Crippen LogP contribution >= 0.6 is 22.9 Å². The highest BCUT2D eigenvalue weighted by atomic mass is 35.5. The van der Waals surface area contributed by atoms with E-state index in [2.05, 4.69) is 5.32 Å². The summed E-state index contributed by atoms with van der Waals surface area (Å²) in [5.41, 5.74) is 6.05. The molecule has 1 aromatic heterocycles. The van der Waals surface area contributed by atoms with Crippen LogP contribution in [-0.2, 0) is 9.53 Å². The summed E-state index contributed by atoms with van der Waals surface area (Å²) in [4.78, 5) is 14.8. The van der Waals surface area contributed by atoms with Crippen LogP contribution in [0.1, 0.15) is 17.8 Å². The Morgan fingerprint density at radius 3 is 2.80 bits per heavy atom. The number of amides is 1. The van der Waals surface area contributed by atoms with E-state index in [1.165, 1.54) is 11.3 Å². The SMILES string of the molecule is COCCNC(=O)CN(C)C(c1ccc(Cl)s1)C(C)N. The van der Waals surface area contributed by atoms with Crippen LogP contribution in [0.3, 0.4) is 0 Å². The summed E-state index contributed by atoms with van der Waals surface area (Å²) >= 11 is 7.46. The Hall–Kier alpha value is -0.660. The quantitative estimate of drug-likeness (QED) is 0.712. The average molecular weight is 320 g/mol. The van der Waals surface area contributed by atoms with E-state index in [1.807, 2.05) is 31.0 Å². The molecule has 7 heteroatoms. The fraction of sp³-hybridized carbons (Fsp3) is 0.615. The number of likely N-dealkylation sites (N-methyl/N-ethyl adjacent to an activating group) is 1. The van der Waals surface area contributed by atoms with Crippen LogP contribution in [-0.4, -0.2) is 50.7 Å². The molecule has 0 aliphatic carbocycles. The highest BCUT2D eigenvalue weighted by molar-refractivity contribution is 7.16. The number of hydrogen-bond donors (Lipinski definition) is 2. The summed E-state index contributed by atoms with van der Waals surface area (Å²) in [7, 11) is 3.49. The van der Waals surface area contributed by atoms with Crippen molar-refractivity contribution in [2.45, 2.75) is 19.0 Å². The van der Waals surface area contributed by atoms with Gasteiger partial charge in [0.25, 0.3) is 0 Å². The Bertz CT molecular complexity index is 426. The molecule has 0 fully saturated rings. The molecule has 0 spiro atoms. The van der Waals surface area contributed by atoms with Crippen LogP contribution in [0.15, 0.2) is 12.1 Å². The van der Waals surface area contributed by atoms with E-state index in [9.17, 15) is 4.79 Å². The van der Waals surface area contributed by atoms with Gasteiger partial charge in [-0.05, 0) is 26.1 Å². The fourth-order valence-electron chi connectivity index (χ4n) is 2.04. The van der Waals surface area contributed by atoms with E-state index < -0.39 is 0 Å². The number of nitrogens with zero attached hydrogens (tertiary/aromatic N) is 1. The highest BCUT2D eigenvalue weighted by Gasteiger charge is 2.24. The molecule has 0 saturated carbocycles. The molecule has 2 atom stereocenters. The van der Waals surface area contributed by atoms with E-state index in [1.54, 1.807) is 7.11 Å². The van der Waals surface area contributed by atoms with Crippen LogP contribution in [0, 0.1) is 0 Å². The van der Waals surface area contributed by atoms with Gasteiger partial charge in [0.2, 0.25) is 5.91 Å². The number of rotatable bonds is 8. The Balaban J connectivity index is 2.61. The third-order valence-corrected chi connectivity index (χ3v) is 4.18. The van der Waals surface area contributed by atoms with Gasteiger partial charge in [-0.2, -0.15) is 0 Å². The third-order valence-electron chi connectivity index (χ3n) is 2.88. The number of hydrogen-bond acceptors (Lipinski definition) is 5. The summed E-state index contributed by atoms with van der Waals surface area (Å²) in [6, 6.07) is 3.69. The van der Waals surface area contributed by atoms with Gasteiger partial charge in [0.1, 0.15) is 0 Å². The van der Waals surface area contributed by atoms with Gasteiger partial charge in [-0.3, -0.25) is 9.69 Å². The molecule has 114 valence electrons. The van der Waals surface area contributed by atoms with Gasteiger partial charge in [0.05, 0.1) is 23.5 Å². The van der Waals surface area contributed by atoms with E-state index in [0.29, 0.717) is 13.2 Å². The van der Waals surface area contributed by atoms with E-state index in [-0.39, 0.29) is 24.5 Å². The Labute approximate surface area is 129 Å². The zero-order valence-corrected chi connectivity index (χ0v) is 13.6. The number of carbonyl (C=O) groups excluding carboxylic acids is 1. The summed E-state index contributed by atoms with van der Waals surface area (Å²) in [5, 5.41) is 2.80. The van der Waals surface area contributed by atoms with Crippen molar-refractivity contribution < 1.29 is 9.53 Å². The molecular formula is C13H22ClN3O2S. The molecule has 1 heterocycles. The average Bonchev–Trinajstić information content (AvgIpc) is 2.75. The van der Waals surface area contributed by atoms with Crippen molar-refractivity contribution in [3.63, 3.8) is 0 Å². The third kappa shape index (κ3) is 5.38. The molecule has 0 radical (unpaired) electrons. The maximum absolute atomic E-state index is 11.8. The zero-order chi connectivity index (χ0) is 15.1. The number of ether oxygens (including phenoxy) is 1. The zero-order valence-electron chi connectivity index (χ0n) is 12.1. The molecule has 0 saturated heterocycles. The molecule has 1 aromatic rings. The van der Waals surface area contributed by atoms with Gasteiger partial charge in [0.15, 0.2) is 0 Å². The highest BCUT2D eigenvalue weighted by Crippen LogP contribution is 2.31. The Morgan fingerprint density at radius 2 is 2.30 bits per heavy atom. The van der Waals surface area contributed by atoms with Crippen molar-refractivity contribution >= 4 is 28.8 Å². The van der Waals surface area contributed by atoms with Gasteiger partial charge in [-0.15, -0.1) is 11.3 Å². The monoisotopic (exact) mass is 319 g/mol. The molecule has 2 unspecified atom stereocenters. The minimum Gasteiger partial charge on any atom is -0.383 e. The molecule has 5 nitrogen and oxygen atoms in total. The fourth-order valence-corrected chi connectivity index (χ4v) is 3.38. The van der Waals surface area contributed by atoms with Crippen molar-refractivity contribution in [3.8, 4) is 0 Å². The van der Waals surface area contributed by atoms with Gasteiger partial charge in [0, 0.05) is 24.6 Å². The van der Waals surface area contributed by atoms with Gasteiger partial charge < -0.3 is 15.8 Å². The van der Waals surface area contributed by atoms with Gasteiger partial charge in [-0.1, -0.05) is 11.6 Å². The standard InChI is InChI=1S/C13H22ClN3O2S/c1-9(15)13(10-4-5-11(14)20-10)17(2)8-12(18)16-6-7-19-3/h4-5,9,13H,6-8,15H2,1-3H3,(H,16,18). The first kappa shape index (κ1) is 17.4. The van der Waals surface area contributed by atoms with Crippen molar-refractivity contribution in [1.82, 2.24) is 10.2 Å². The van der Waals surface area contributed by atoms with Gasteiger partial charge in [-0.25, -0.2) is 0 Å². The minimum absolute atomic E-state index is 0.0272. The molecule has 0 aliphatic heterocycles. The van der Waals surface area contributed by atoms with Crippen LogP contribution in [0.4, 0.5) is 0 Å². The Kier molecular flexibility index (Phi) is 7.47. The number of carbonyl (C=O) groups is 1. The smallest absolute Gasteiger partial charge is 0.234 e. The second-order valence-electron chi connectivity index (χ2n) is 4.70. The number of nitrogens with two attached hydrogens (primary N) is 1. The van der Waals surface area contributed by atoms with E-state index >= 15 is 0 Å². The molecule has 1 rings (SSSR count). The molecule has 0 aliphatic rings. The minimum atomic E-state index is -0.0958. The second kappa shape index (κ2) is 8.59. The van der Waals surface area contributed by atoms with E-state index in [0.717, 1.165) is 9.21 Å². The normalized spacial score (nSPS) is 14.3. The lowest BCUT2D eigenvalue weighted by atomic mass is 10.1. The summed E-state index contributed by atoms with van der Waals surface area (Å²) in [5.74, 6) is -0.0437. The number of nitrogens with one attached hydrogen (secondary N) is 1. The first-order valence-corrected chi connectivity index (χ1v) is 7.61. The van der Waals surface area contributed by atoms with Crippen LogP contribution < -0.4 is 11.1 Å². The topological polar surface area (TPSA) is 67.6 Å². The van der Waals surface area contributed by atoms with Crippen molar-refractivity contribution in [3.05, 3.63) is 21.3 Å². The van der Waals surface area contributed by atoms with Crippen molar-refractivity contribution in [2.75, 3.05) is 33.9 Å². The summed E-state index contributed by atoms with van der Waals surface area (Å²) in [6.07, 6.45) is 0. The number of halogens is 1. The van der Waals surface area contributed by atoms with Crippen LogP contribution in [0.5, 0.6) is 0 Å². The number of thiophene rings is 1.